The summed E-state index contributed by atoms with van der Waals surface area (Å²) < 4.78 is 5.23. The highest BCUT2D eigenvalue weighted by Gasteiger charge is 2.35. The summed E-state index contributed by atoms with van der Waals surface area (Å²) in [5.74, 6) is -0.00359. The Kier molecular flexibility index (Phi) is 5.01. The number of carbonyl (C=O) groups excluding carboxylic acids is 1. The van der Waals surface area contributed by atoms with Gasteiger partial charge in [-0.05, 0) is 59.3 Å². The van der Waals surface area contributed by atoms with Gasteiger partial charge < -0.3 is 9.64 Å². The van der Waals surface area contributed by atoms with Crippen molar-refractivity contribution in [1.82, 2.24) is 9.80 Å². The predicted molar refractivity (Wildman–Crippen MR) is 71.5 cm³/mol. The zero-order valence-electron chi connectivity index (χ0n) is 11.7. The fourth-order valence-electron chi connectivity index (χ4n) is 3.21. The average molecular weight is 254 g/mol. The summed E-state index contributed by atoms with van der Waals surface area (Å²) in [6.07, 6.45) is 5.73. The lowest BCUT2D eigenvalue weighted by Gasteiger charge is -2.42. The molecule has 0 N–H and O–H groups in total. The van der Waals surface area contributed by atoms with Crippen molar-refractivity contribution in [3.8, 4) is 0 Å². The summed E-state index contributed by atoms with van der Waals surface area (Å²) in [6, 6.07) is 0.600. The van der Waals surface area contributed by atoms with Crippen LogP contribution >= 0.6 is 0 Å². The lowest BCUT2D eigenvalue weighted by atomic mass is 9.95. The highest BCUT2D eigenvalue weighted by molar-refractivity contribution is 5.75. The maximum Gasteiger partial charge on any atom is 0.323 e. The van der Waals surface area contributed by atoms with Crippen LogP contribution in [0.2, 0.25) is 0 Å². The van der Waals surface area contributed by atoms with Crippen molar-refractivity contribution in [1.29, 1.82) is 0 Å². The topological polar surface area (TPSA) is 32.8 Å². The van der Waals surface area contributed by atoms with Gasteiger partial charge in [0, 0.05) is 6.04 Å². The van der Waals surface area contributed by atoms with E-state index in [1.54, 1.807) is 0 Å². The van der Waals surface area contributed by atoms with Crippen LogP contribution in [0.4, 0.5) is 0 Å². The number of hydrogen-bond donors (Lipinski definition) is 0. The molecule has 2 rings (SSSR count). The second-order valence-corrected chi connectivity index (χ2v) is 5.54. The molecule has 0 aromatic carbocycles. The van der Waals surface area contributed by atoms with Gasteiger partial charge in [-0.2, -0.15) is 0 Å². The Labute approximate surface area is 110 Å². The minimum absolute atomic E-state index is 0.00359. The summed E-state index contributed by atoms with van der Waals surface area (Å²) in [5, 5.41) is 0. The van der Waals surface area contributed by atoms with Gasteiger partial charge in [0.1, 0.15) is 6.04 Å². The molecule has 1 atom stereocenters. The predicted octanol–water partition coefficient (Wildman–Crippen LogP) is 1.50. The number of carbonyl (C=O) groups is 1. The van der Waals surface area contributed by atoms with Crippen molar-refractivity contribution in [3.05, 3.63) is 0 Å². The number of ether oxygens (including phenoxy) is 1. The van der Waals surface area contributed by atoms with E-state index in [9.17, 15) is 4.79 Å². The van der Waals surface area contributed by atoms with Gasteiger partial charge in [0.2, 0.25) is 0 Å². The first-order valence-corrected chi connectivity index (χ1v) is 7.33. The summed E-state index contributed by atoms with van der Waals surface area (Å²) in [5.41, 5.74) is 0. The van der Waals surface area contributed by atoms with Crippen LogP contribution in [0.5, 0.6) is 0 Å². The van der Waals surface area contributed by atoms with Crippen LogP contribution in [0.3, 0.4) is 0 Å². The van der Waals surface area contributed by atoms with Gasteiger partial charge in [-0.3, -0.25) is 9.69 Å². The molecular formula is C14H26N2O2. The summed E-state index contributed by atoms with van der Waals surface area (Å²) in [7, 11) is 2.18. The molecule has 4 nitrogen and oxygen atoms in total. The van der Waals surface area contributed by atoms with Crippen LogP contribution in [0.25, 0.3) is 0 Å². The molecular weight excluding hydrogens is 228 g/mol. The number of esters is 1. The Morgan fingerprint density at radius 1 is 1.17 bits per heavy atom. The summed E-state index contributed by atoms with van der Waals surface area (Å²) in [6.45, 7) is 5.75. The molecule has 4 heteroatoms. The van der Waals surface area contributed by atoms with Gasteiger partial charge in [-0.1, -0.05) is 6.42 Å². The van der Waals surface area contributed by atoms with E-state index in [1.165, 1.54) is 19.3 Å². The molecule has 0 bridgehead atoms. The first-order chi connectivity index (χ1) is 8.72. The summed E-state index contributed by atoms with van der Waals surface area (Å²) >= 11 is 0. The number of rotatable bonds is 3. The minimum atomic E-state index is -0.00359. The minimum Gasteiger partial charge on any atom is -0.465 e. The van der Waals surface area contributed by atoms with Crippen LogP contribution in [0.1, 0.15) is 39.0 Å². The molecule has 0 saturated carbocycles. The molecule has 0 aliphatic carbocycles. The highest BCUT2D eigenvalue weighted by Crippen LogP contribution is 2.25. The fourth-order valence-corrected chi connectivity index (χ4v) is 3.21. The molecule has 0 amide bonds. The Bertz CT molecular complexity index is 275. The van der Waals surface area contributed by atoms with Crippen LogP contribution in [-0.2, 0) is 9.53 Å². The van der Waals surface area contributed by atoms with Crippen molar-refractivity contribution < 1.29 is 9.53 Å². The van der Waals surface area contributed by atoms with Crippen molar-refractivity contribution in [2.24, 2.45) is 0 Å². The first-order valence-electron chi connectivity index (χ1n) is 7.33. The highest BCUT2D eigenvalue weighted by atomic mass is 16.5. The molecule has 0 radical (unpaired) electrons. The van der Waals surface area contributed by atoms with E-state index in [0.29, 0.717) is 12.6 Å². The molecule has 0 aromatic rings. The molecule has 2 fully saturated rings. The Hall–Kier alpha value is -0.610. The van der Waals surface area contributed by atoms with Crippen LogP contribution < -0.4 is 0 Å². The van der Waals surface area contributed by atoms with Crippen LogP contribution in [0, 0.1) is 0 Å². The average Bonchev–Trinajstić information content (AvgIpc) is 2.40. The maximum absolute atomic E-state index is 12.0. The lowest BCUT2D eigenvalue weighted by Crippen LogP contribution is -2.53. The third-order valence-electron chi connectivity index (χ3n) is 4.26. The quantitative estimate of drug-likeness (QED) is 0.715. The van der Waals surface area contributed by atoms with Crippen LogP contribution in [-0.4, -0.2) is 61.1 Å². The molecule has 104 valence electrons. The maximum atomic E-state index is 12.0. The molecule has 0 aromatic heterocycles. The molecule has 1 unspecified atom stereocenters. The first kappa shape index (κ1) is 13.8. The van der Waals surface area contributed by atoms with Gasteiger partial charge in [0.05, 0.1) is 6.61 Å². The molecule has 18 heavy (non-hydrogen) atoms. The van der Waals surface area contributed by atoms with Gasteiger partial charge in [-0.25, -0.2) is 0 Å². The zero-order valence-corrected chi connectivity index (χ0v) is 11.7. The monoisotopic (exact) mass is 254 g/mol. The molecule has 2 aliphatic rings. The van der Waals surface area contributed by atoms with E-state index >= 15 is 0 Å². The fraction of sp³-hybridized carbons (Fsp3) is 0.929. The van der Waals surface area contributed by atoms with Crippen molar-refractivity contribution >= 4 is 5.97 Å². The standard InChI is InChI=1S/C14H26N2O2/c1-3-18-14(17)13-6-4-5-9-16(13)12-7-10-15(2)11-8-12/h12-13H,3-11H2,1-2H3. The third kappa shape index (κ3) is 3.23. The van der Waals surface area contributed by atoms with E-state index < -0.39 is 0 Å². The number of piperidine rings is 2. The van der Waals surface area contributed by atoms with Gasteiger partial charge >= 0.3 is 5.97 Å². The smallest absolute Gasteiger partial charge is 0.323 e. The summed E-state index contributed by atoms with van der Waals surface area (Å²) in [4.78, 5) is 16.8. The van der Waals surface area contributed by atoms with E-state index in [2.05, 4.69) is 16.8 Å². The van der Waals surface area contributed by atoms with Crippen molar-refractivity contribution in [2.75, 3.05) is 33.3 Å². The van der Waals surface area contributed by atoms with Crippen molar-refractivity contribution in [2.45, 2.75) is 51.1 Å². The number of hydrogen-bond acceptors (Lipinski definition) is 4. The van der Waals surface area contributed by atoms with Gasteiger partial charge in [-0.15, -0.1) is 0 Å². The Morgan fingerprint density at radius 3 is 2.56 bits per heavy atom. The third-order valence-corrected chi connectivity index (χ3v) is 4.26. The van der Waals surface area contributed by atoms with Gasteiger partial charge in [0.15, 0.2) is 0 Å². The lowest BCUT2D eigenvalue weighted by molar-refractivity contribution is -0.152. The molecule has 2 aliphatic heterocycles. The second-order valence-electron chi connectivity index (χ2n) is 5.54. The second kappa shape index (κ2) is 6.53. The van der Waals surface area contributed by atoms with E-state index in [0.717, 1.165) is 32.5 Å². The van der Waals surface area contributed by atoms with E-state index in [4.69, 9.17) is 4.74 Å². The normalized spacial score (nSPS) is 28.2. The van der Waals surface area contributed by atoms with Crippen LogP contribution in [0.15, 0.2) is 0 Å². The molecule has 2 saturated heterocycles. The number of likely N-dealkylation sites (tertiary alicyclic amines) is 2. The largest absolute Gasteiger partial charge is 0.465 e. The zero-order chi connectivity index (χ0) is 13.0. The molecule has 0 spiro atoms. The van der Waals surface area contributed by atoms with Crippen molar-refractivity contribution in [3.63, 3.8) is 0 Å². The Balaban J connectivity index is 1.96. The molecule has 2 heterocycles. The van der Waals surface area contributed by atoms with E-state index in [1.807, 2.05) is 6.92 Å². The Morgan fingerprint density at radius 2 is 1.89 bits per heavy atom. The number of nitrogens with zero attached hydrogens (tertiary/aromatic N) is 2. The SMILES string of the molecule is CCOC(=O)C1CCCCN1C1CCN(C)CC1. The van der Waals surface area contributed by atoms with E-state index in [-0.39, 0.29) is 12.0 Å². The van der Waals surface area contributed by atoms with Gasteiger partial charge in [0.25, 0.3) is 0 Å².